The molecule has 1 N–H and O–H groups in total. The summed E-state index contributed by atoms with van der Waals surface area (Å²) in [4.78, 5) is 13.5. The predicted molar refractivity (Wildman–Crippen MR) is 68.6 cm³/mol. The first-order valence-electron chi connectivity index (χ1n) is 6.28. The molecule has 1 aliphatic rings. The zero-order valence-electron chi connectivity index (χ0n) is 10.9. The first-order chi connectivity index (χ1) is 8.56. The van der Waals surface area contributed by atoms with Crippen molar-refractivity contribution in [3.05, 3.63) is 35.1 Å². The lowest BCUT2D eigenvalue weighted by Crippen LogP contribution is -2.36. The Kier molecular flexibility index (Phi) is 3.97. The summed E-state index contributed by atoms with van der Waals surface area (Å²) in [5, 5.41) is 3.19. The van der Waals surface area contributed by atoms with Gasteiger partial charge < -0.3 is 10.2 Å². The van der Waals surface area contributed by atoms with E-state index in [1.807, 2.05) is 0 Å². The molecule has 0 bridgehead atoms. The van der Waals surface area contributed by atoms with Crippen LogP contribution in [0.2, 0.25) is 0 Å². The number of carbonyl (C=O) groups excluding carboxylic acids is 1. The number of benzene rings is 1. The molecule has 4 heteroatoms. The first kappa shape index (κ1) is 13.0. The molecule has 1 saturated carbocycles. The minimum atomic E-state index is -0.205. The number of nitrogens with zero attached hydrogens (tertiary/aromatic N) is 1. The summed E-state index contributed by atoms with van der Waals surface area (Å²) >= 11 is 0. The molecule has 0 aromatic heterocycles. The van der Waals surface area contributed by atoms with Crippen molar-refractivity contribution in [2.75, 3.05) is 13.6 Å². The summed E-state index contributed by atoms with van der Waals surface area (Å²) in [6.45, 7) is 2.64. The lowest BCUT2D eigenvalue weighted by atomic mass is 10.1. The summed E-state index contributed by atoms with van der Waals surface area (Å²) in [5.74, 6) is -0.132. The lowest BCUT2D eigenvalue weighted by molar-refractivity contribution is -0.129. The van der Waals surface area contributed by atoms with Crippen LogP contribution in [0.1, 0.15) is 24.0 Å². The monoisotopic (exact) mass is 250 g/mol. The van der Waals surface area contributed by atoms with Crippen molar-refractivity contribution in [3.8, 4) is 0 Å². The number of rotatable bonds is 5. The van der Waals surface area contributed by atoms with Gasteiger partial charge in [0.25, 0.3) is 0 Å². The summed E-state index contributed by atoms with van der Waals surface area (Å²) in [6, 6.07) is 5.50. The number of aryl methyl sites for hydroxylation is 1. The molecule has 0 radical (unpaired) electrons. The van der Waals surface area contributed by atoms with E-state index in [2.05, 4.69) is 5.32 Å². The van der Waals surface area contributed by atoms with Gasteiger partial charge in [0.15, 0.2) is 0 Å². The molecule has 1 aromatic carbocycles. The molecular weight excluding hydrogens is 231 g/mol. The normalized spacial score (nSPS) is 14.6. The second kappa shape index (κ2) is 5.48. The summed E-state index contributed by atoms with van der Waals surface area (Å²) in [7, 11) is 1.77. The van der Waals surface area contributed by atoms with Crippen LogP contribution < -0.4 is 5.32 Å². The van der Waals surface area contributed by atoms with E-state index in [9.17, 15) is 9.18 Å². The molecule has 98 valence electrons. The largest absolute Gasteiger partial charge is 0.340 e. The van der Waals surface area contributed by atoms with E-state index in [4.69, 9.17) is 0 Å². The fraction of sp³-hybridized carbons (Fsp3) is 0.500. The second-order valence-electron chi connectivity index (χ2n) is 4.99. The van der Waals surface area contributed by atoms with Crippen LogP contribution in [0.5, 0.6) is 0 Å². The molecule has 0 atom stereocenters. The number of hydrogen-bond donors (Lipinski definition) is 1. The van der Waals surface area contributed by atoms with Crippen molar-refractivity contribution in [2.45, 2.75) is 32.4 Å². The van der Waals surface area contributed by atoms with Gasteiger partial charge in [-0.2, -0.15) is 0 Å². The van der Waals surface area contributed by atoms with Crippen LogP contribution in [0, 0.1) is 12.7 Å². The molecule has 3 nitrogen and oxygen atoms in total. The van der Waals surface area contributed by atoms with Gasteiger partial charge in [0.2, 0.25) is 5.91 Å². The molecule has 18 heavy (non-hydrogen) atoms. The maximum Gasteiger partial charge on any atom is 0.236 e. The quantitative estimate of drug-likeness (QED) is 0.865. The number of likely N-dealkylation sites (N-methyl/N-ethyl adjacent to an activating group) is 1. The van der Waals surface area contributed by atoms with Gasteiger partial charge in [-0.05, 0) is 37.0 Å². The van der Waals surface area contributed by atoms with Gasteiger partial charge in [0.1, 0.15) is 5.82 Å². The molecule has 0 unspecified atom stereocenters. The van der Waals surface area contributed by atoms with Crippen molar-refractivity contribution >= 4 is 5.91 Å². The molecule has 1 fully saturated rings. The van der Waals surface area contributed by atoms with Crippen molar-refractivity contribution in [3.63, 3.8) is 0 Å². The van der Waals surface area contributed by atoms with E-state index >= 15 is 0 Å². The number of halogens is 1. The minimum absolute atomic E-state index is 0.0730. The van der Waals surface area contributed by atoms with Crippen LogP contribution in [-0.4, -0.2) is 30.4 Å². The third-order valence-electron chi connectivity index (χ3n) is 3.19. The number of amides is 1. The van der Waals surface area contributed by atoms with Gasteiger partial charge in [-0.15, -0.1) is 0 Å². The van der Waals surface area contributed by atoms with E-state index in [-0.39, 0.29) is 11.7 Å². The Hall–Kier alpha value is -1.42. The van der Waals surface area contributed by atoms with Crippen LogP contribution in [0.4, 0.5) is 4.39 Å². The smallest absolute Gasteiger partial charge is 0.236 e. The van der Waals surface area contributed by atoms with E-state index in [0.29, 0.717) is 24.7 Å². The molecule has 0 aliphatic heterocycles. The van der Waals surface area contributed by atoms with E-state index < -0.39 is 0 Å². The number of nitrogens with one attached hydrogen (secondary N) is 1. The third kappa shape index (κ3) is 3.53. The lowest BCUT2D eigenvalue weighted by Gasteiger charge is -2.18. The molecule has 1 aliphatic carbocycles. The Morgan fingerprint density at radius 1 is 1.50 bits per heavy atom. The Balaban J connectivity index is 1.86. The summed E-state index contributed by atoms with van der Waals surface area (Å²) < 4.78 is 13.1. The van der Waals surface area contributed by atoms with Gasteiger partial charge in [-0.1, -0.05) is 12.1 Å². The first-order valence-corrected chi connectivity index (χ1v) is 6.28. The fourth-order valence-electron chi connectivity index (χ4n) is 1.82. The molecule has 0 heterocycles. The van der Waals surface area contributed by atoms with Crippen molar-refractivity contribution in [1.29, 1.82) is 0 Å². The Morgan fingerprint density at radius 3 is 2.83 bits per heavy atom. The van der Waals surface area contributed by atoms with Gasteiger partial charge in [-0.3, -0.25) is 4.79 Å². The Morgan fingerprint density at radius 2 is 2.22 bits per heavy atom. The average Bonchev–Trinajstić information content (AvgIpc) is 3.14. The van der Waals surface area contributed by atoms with Crippen LogP contribution >= 0.6 is 0 Å². The highest BCUT2D eigenvalue weighted by Gasteiger charge is 2.22. The molecule has 1 aromatic rings. The van der Waals surface area contributed by atoms with Crippen molar-refractivity contribution in [1.82, 2.24) is 10.2 Å². The number of carbonyl (C=O) groups is 1. The Labute approximate surface area is 107 Å². The van der Waals surface area contributed by atoms with Crippen molar-refractivity contribution in [2.24, 2.45) is 0 Å². The standard InChI is InChI=1S/C14H19FN2O/c1-10-7-11(3-6-13(10)15)9-17(2)14(18)8-16-12-4-5-12/h3,6-7,12,16H,4-5,8-9H2,1-2H3. The van der Waals surface area contributed by atoms with Crippen LogP contribution in [0.3, 0.4) is 0 Å². The van der Waals surface area contributed by atoms with Crippen molar-refractivity contribution < 1.29 is 9.18 Å². The molecule has 0 saturated heterocycles. The third-order valence-corrected chi connectivity index (χ3v) is 3.19. The topological polar surface area (TPSA) is 32.3 Å². The zero-order valence-corrected chi connectivity index (χ0v) is 10.9. The maximum absolute atomic E-state index is 13.1. The predicted octanol–water partition coefficient (Wildman–Crippen LogP) is 1.84. The van der Waals surface area contributed by atoms with Crippen LogP contribution in [0.25, 0.3) is 0 Å². The average molecular weight is 250 g/mol. The fourth-order valence-corrected chi connectivity index (χ4v) is 1.82. The molecule has 0 spiro atoms. The highest BCUT2D eigenvalue weighted by Crippen LogP contribution is 2.18. The summed E-state index contributed by atoms with van der Waals surface area (Å²) in [6.07, 6.45) is 2.35. The minimum Gasteiger partial charge on any atom is -0.340 e. The van der Waals surface area contributed by atoms with Gasteiger partial charge in [0, 0.05) is 19.6 Å². The number of hydrogen-bond acceptors (Lipinski definition) is 2. The Bertz CT molecular complexity index is 443. The van der Waals surface area contributed by atoms with E-state index in [0.717, 1.165) is 5.56 Å². The molecule has 1 amide bonds. The highest BCUT2D eigenvalue weighted by atomic mass is 19.1. The summed E-state index contributed by atoms with van der Waals surface area (Å²) in [5.41, 5.74) is 1.57. The van der Waals surface area contributed by atoms with Gasteiger partial charge in [-0.25, -0.2) is 4.39 Å². The molecular formula is C14H19FN2O. The maximum atomic E-state index is 13.1. The van der Waals surface area contributed by atoms with Gasteiger partial charge >= 0.3 is 0 Å². The van der Waals surface area contributed by atoms with Crippen LogP contribution in [-0.2, 0) is 11.3 Å². The van der Waals surface area contributed by atoms with E-state index in [1.165, 1.54) is 18.9 Å². The highest BCUT2D eigenvalue weighted by molar-refractivity contribution is 5.78. The zero-order chi connectivity index (χ0) is 13.1. The van der Waals surface area contributed by atoms with Gasteiger partial charge in [0.05, 0.1) is 6.54 Å². The van der Waals surface area contributed by atoms with Crippen LogP contribution in [0.15, 0.2) is 18.2 Å². The molecule has 2 rings (SSSR count). The SMILES string of the molecule is Cc1cc(CN(C)C(=O)CNC2CC2)ccc1F. The second-order valence-corrected chi connectivity index (χ2v) is 4.99. The van der Waals surface area contributed by atoms with E-state index in [1.54, 1.807) is 31.0 Å².